The largest absolute Gasteiger partial charge is 0.494 e. The van der Waals surface area contributed by atoms with E-state index in [9.17, 15) is 14.0 Å². The normalized spacial score (nSPS) is 24.9. The van der Waals surface area contributed by atoms with Gasteiger partial charge in [-0.3, -0.25) is 9.59 Å². The number of halogens is 3. The molecule has 2 fully saturated rings. The van der Waals surface area contributed by atoms with Gasteiger partial charge in [-0.15, -0.1) is 0 Å². The first kappa shape index (κ1) is 23.5. The van der Waals surface area contributed by atoms with E-state index >= 15 is 0 Å². The summed E-state index contributed by atoms with van der Waals surface area (Å²) in [4.78, 5) is 24.8. The molecule has 2 aliphatic heterocycles. The van der Waals surface area contributed by atoms with Gasteiger partial charge in [-0.05, 0) is 97.2 Å². The molecular weight excluding hydrogens is 632 g/mol. The van der Waals surface area contributed by atoms with Gasteiger partial charge in [0, 0.05) is 5.56 Å². The summed E-state index contributed by atoms with van der Waals surface area (Å²) in [5.41, 5.74) is -0.234. The molecule has 4 rings (SSSR count). The summed E-state index contributed by atoms with van der Waals surface area (Å²) >= 11 is 2.81. The SMILES string of the molecule is CC1(C)OB(c2ccc3c(c2)OCC3NC(=O)C2(NC(=O)C(F)(I)I)CC2)OC1(C)C. The van der Waals surface area contributed by atoms with Crippen LogP contribution in [-0.2, 0) is 18.9 Å². The fourth-order valence-corrected chi connectivity index (χ4v) is 3.86. The van der Waals surface area contributed by atoms with Gasteiger partial charge < -0.3 is 24.7 Å². The third-order valence-corrected chi connectivity index (χ3v) is 7.42. The molecule has 7 nitrogen and oxygen atoms in total. The highest BCUT2D eigenvalue weighted by atomic mass is 127. The number of hydrogen-bond donors (Lipinski definition) is 2. The molecule has 1 atom stereocenters. The van der Waals surface area contributed by atoms with Crippen molar-refractivity contribution >= 4 is 69.6 Å². The van der Waals surface area contributed by atoms with Crippen molar-refractivity contribution in [2.24, 2.45) is 0 Å². The minimum Gasteiger partial charge on any atom is -0.491 e. The summed E-state index contributed by atoms with van der Waals surface area (Å²) in [6, 6.07) is 5.34. The van der Waals surface area contributed by atoms with Gasteiger partial charge in [0.15, 0.2) is 0 Å². The van der Waals surface area contributed by atoms with E-state index in [0.717, 1.165) is 11.0 Å². The van der Waals surface area contributed by atoms with Gasteiger partial charge in [0.25, 0.3) is 7.59 Å². The third kappa shape index (κ3) is 4.43. The summed E-state index contributed by atoms with van der Waals surface area (Å²) in [5.74, 6) is -0.473. The minimum absolute atomic E-state index is 0.281. The molecule has 2 heterocycles. The highest BCUT2D eigenvalue weighted by Gasteiger charge is 2.54. The lowest BCUT2D eigenvalue weighted by Crippen LogP contribution is -2.52. The van der Waals surface area contributed by atoms with Crippen LogP contribution in [0.4, 0.5) is 4.39 Å². The lowest BCUT2D eigenvalue weighted by molar-refractivity contribution is -0.131. The van der Waals surface area contributed by atoms with E-state index in [0.29, 0.717) is 18.6 Å². The number of hydrogen-bond acceptors (Lipinski definition) is 5. The predicted octanol–water partition coefficient (Wildman–Crippen LogP) is 2.68. The fourth-order valence-electron chi connectivity index (χ4n) is 3.59. The molecule has 31 heavy (non-hydrogen) atoms. The molecule has 3 aliphatic rings. The third-order valence-electron chi connectivity index (χ3n) is 6.44. The van der Waals surface area contributed by atoms with Crippen molar-refractivity contribution in [1.82, 2.24) is 10.6 Å². The number of alkyl halides is 3. The Labute approximate surface area is 208 Å². The van der Waals surface area contributed by atoms with Crippen LogP contribution in [0.1, 0.15) is 52.1 Å². The number of rotatable bonds is 5. The average molecular weight is 656 g/mol. The minimum atomic E-state index is -2.10. The predicted molar refractivity (Wildman–Crippen MR) is 131 cm³/mol. The molecule has 2 amide bonds. The molecular formula is C20H24BFI2N2O5. The van der Waals surface area contributed by atoms with Gasteiger partial charge in [-0.2, -0.15) is 0 Å². The van der Waals surface area contributed by atoms with Gasteiger partial charge >= 0.3 is 7.12 Å². The quantitative estimate of drug-likeness (QED) is 0.290. The highest BCUT2D eigenvalue weighted by molar-refractivity contribution is 14.2. The first-order chi connectivity index (χ1) is 14.2. The number of ether oxygens (including phenoxy) is 1. The molecule has 1 saturated heterocycles. The van der Waals surface area contributed by atoms with E-state index in [2.05, 4.69) is 10.6 Å². The molecule has 0 aromatic heterocycles. The molecule has 1 aliphatic carbocycles. The summed E-state index contributed by atoms with van der Waals surface area (Å²) in [6.45, 7) is 8.27. The van der Waals surface area contributed by atoms with Crippen molar-refractivity contribution < 1.29 is 28.0 Å². The molecule has 1 unspecified atom stereocenters. The number of amides is 2. The van der Waals surface area contributed by atoms with Crippen LogP contribution < -0.4 is 20.8 Å². The van der Waals surface area contributed by atoms with E-state index in [-0.39, 0.29) is 18.6 Å². The molecule has 168 valence electrons. The van der Waals surface area contributed by atoms with Crippen molar-refractivity contribution in [2.75, 3.05) is 6.61 Å². The Morgan fingerprint density at radius 3 is 2.32 bits per heavy atom. The Bertz CT molecular complexity index is 917. The summed E-state index contributed by atoms with van der Waals surface area (Å²) in [6.07, 6.45) is 0.963. The molecule has 1 aromatic carbocycles. The van der Waals surface area contributed by atoms with Crippen LogP contribution in [0.15, 0.2) is 18.2 Å². The summed E-state index contributed by atoms with van der Waals surface area (Å²) in [5, 5.41) is 5.49. The Kier molecular flexibility index (Phi) is 5.83. The maximum atomic E-state index is 13.9. The number of carbonyl (C=O) groups excluding carboxylic acids is 2. The van der Waals surface area contributed by atoms with Crippen molar-refractivity contribution in [2.45, 2.75) is 65.0 Å². The van der Waals surface area contributed by atoms with Crippen LogP contribution >= 0.6 is 45.2 Å². The van der Waals surface area contributed by atoms with Gasteiger partial charge in [-0.25, -0.2) is 4.39 Å². The van der Waals surface area contributed by atoms with Crippen molar-refractivity contribution in [3.63, 3.8) is 0 Å². The summed E-state index contributed by atoms with van der Waals surface area (Å²) in [7, 11) is -0.500. The Morgan fingerprint density at radius 2 is 1.77 bits per heavy atom. The second kappa shape index (κ2) is 7.69. The van der Waals surface area contributed by atoms with E-state index in [1.807, 2.05) is 45.9 Å². The molecule has 0 spiro atoms. The van der Waals surface area contributed by atoms with E-state index in [1.54, 1.807) is 0 Å². The monoisotopic (exact) mass is 656 g/mol. The van der Waals surface area contributed by atoms with Crippen LogP contribution in [0, 0.1) is 0 Å². The lowest BCUT2D eigenvalue weighted by atomic mass is 9.78. The molecule has 1 aromatic rings. The number of fused-ring (bicyclic) bond motifs is 1. The highest BCUT2D eigenvalue weighted by Crippen LogP contribution is 2.41. The molecule has 0 bridgehead atoms. The van der Waals surface area contributed by atoms with Crippen molar-refractivity contribution in [1.29, 1.82) is 0 Å². The van der Waals surface area contributed by atoms with Crippen molar-refractivity contribution in [3.05, 3.63) is 23.8 Å². The topological polar surface area (TPSA) is 85.9 Å². The fraction of sp³-hybridized carbons (Fsp3) is 0.600. The smallest absolute Gasteiger partial charge is 0.491 e. The molecule has 11 heteroatoms. The van der Waals surface area contributed by atoms with E-state index in [1.165, 1.54) is 45.2 Å². The maximum Gasteiger partial charge on any atom is 0.494 e. The second-order valence-electron chi connectivity index (χ2n) is 9.26. The van der Waals surface area contributed by atoms with Crippen LogP contribution in [0.5, 0.6) is 5.75 Å². The second-order valence-corrected chi connectivity index (χ2v) is 14.3. The average Bonchev–Trinajstić information content (AvgIpc) is 3.27. The number of nitrogens with one attached hydrogen (secondary N) is 2. The Balaban J connectivity index is 1.44. The van der Waals surface area contributed by atoms with Crippen LogP contribution in [0.25, 0.3) is 0 Å². The van der Waals surface area contributed by atoms with Gasteiger partial charge in [0.1, 0.15) is 17.9 Å². The standard InChI is InChI=1S/C20H24BFI2N2O5/c1-17(2)18(3,4)31-21(30-17)11-5-6-12-13(10-29-14(12)9-11)25-15(27)19(7-8-19)26-16(28)20(22,23)24/h5-6,9,13H,7-8,10H2,1-4H3,(H,25,27)(H,26,28). The van der Waals surface area contributed by atoms with E-state index < -0.39 is 31.4 Å². The molecule has 1 saturated carbocycles. The first-order valence-electron chi connectivity index (χ1n) is 10.1. The number of benzene rings is 1. The van der Waals surface area contributed by atoms with Gasteiger partial charge in [0.05, 0.1) is 17.2 Å². The maximum absolute atomic E-state index is 13.9. The summed E-state index contributed by atoms with van der Waals surface area (Å²) < 4.78 is 29.8. The van der Waals surface area contributed by atoms with Gasteiger partial charge in [-0.1, -0.05) is 12.1 Å². The first-order valence-corrected chi connectivity index (χ1v) is 12.2. The zero-order chi connectivity index (χ0) is 22.8. The zero-order valence-electron chi connectivity index (χ0n) is 17.7. The zero-order valence-corrected chi connectivity index (χ0v) is 22.0. The van der Waals surface area contributed by atoms with Crippen molar-refractivity contribution in [3.8, 4) is 5.75 Å². The van der Waals surface area contributed by atoms with Gasteiger partial charge in [0.2, 0.25) is 5.91 Å². The number of carbonyl (C=O) groups is 2. The van der Waals surface area contributed by atoms with Crippen LogP contribution in [0.3, 0.4) is 0 Å². The van der Waals surface area contributed by atoms with Crippen LogP contribution in [0.2, 0.25) is 0 Å². The Hall–Kier alpha value is -0.665. The van der Waals surface area contributed by atoms with E-state index in [4.69, 9.17) is 14.0 Å². The lowest BCUT2D eigenvalue weighted by Gasteiger charge is -2.32. The Morgan fingerprint density at radius 1 is 1.16 bits per heavy atom. The molecule has 2 N–H and O–H groups in total. The molecule has 0 radical (unpaired) electrons. The van der Waals surface area contributed by atoms with Crippen LogP contribution in [-0.4, -0.2) is 44.0 Å².